The highest BCUT2D eigenvalue weighted by Crippen LogP contribution is 2.06. The molecule has 0 aliphatic rings. The fraction of sp³-hybridized carbons (Fsp3) is 0.200. The van der Waals surface area contributed by atoms with Gasteiger partial charge in [0.1, 0.15) is 5.76 Å². The number of nitrogens with one attached hydrogen (secondary N) is 1. The number of nitrogens with zero attached hydrogens (tertiary/aromatic N) is 1. The smallest absolute Gasteiger partial charge is 0.249 e. The third kappa shape index (κ3) is 3.26. The van der Waals surface area contributed by atoms with Crippen molar-refractivity contribution < 1.29 is 9.32 Å². The molecule has 14 heavy (non-hydrogen) atoms. The largest absolute Gasteiger partial charge is 0.360 e. The number of allylic oxidation sites excluding steroid dienone is 3. The Balaban J connectivity index is 2.49. The van der Waals surface area contributed by atoms with Gasteiger partial charge in [-0.2, -0.15) is 0 Å². The molecule has 0 bridgehead atoms. The van der Waals surface area contributed by atoms with Crippen molar-refractivity contribution in [3.63, 3.8) is 0 Å². The van der Waals surface area contributed by atoms with Crippen LogP contribution in [0.15, 0.2) is 34.9 Å². The first-order valence-electron chi connectivity index (χ1n) is 4.26. The maximum absolute atomic E-state index is 11.2. The molecule has 4 nitrogen and oxygen atoms in total. The molecule has 0 unspecified atom stereocenters. The van der Waals surface area contributed by atoms with E-state index in [2.05, 4.69) is 10.5 Å². The van der Waals surface area contributed by atoms with Gasteiger partial charge in [-0.25, -0.2) is 0 Å². The van der Waals surface area contributed by atoms with E-state index in [0.717, 1.165) is 0 Å². The summed E-state index contributed by atoms with van der Waals surface area (Å²) in [6, 6.07) is 1.65. The van der Waals surface area contributed by atoms with E-state index in [1.807, 2.05) is 13.0 Å². The van der Waals surface area contributed by atoms with Crippen molar-refractivity contribution in [2.45, 2.75) is 13.8 Å². The third-order valence-corrected chi connectivity index (χ3v) is 1.43. The number of amides is 1. The lowest BCUT2D eigenvalue weighted by Gasteiger charge is -1.92. The number of aromatic nitrogens is 1. The minimum atomic E-state index is -0.226. The number of anilines is 1. The average molecular weight is 192 g/mol. The molecule has 0 saturated carbocycles. The van der Waals surface area contributed by atoms with E-state index < -0.39 is 0 Å². The van der Waals surface area contributed by atoms with Crippen molar-refractivity contribution in [1.29, 1.82) is 0 Å². The molecule has 4 heteroatoms. The molecular formula is C10H12N2O2. The van der Waals surface area contributed by atoms with Crippen molar-refractivity contribution in [3.8, 4) is 0 Å². The van der Waals surface area contributed by atoms with Crippen LogP contribution in [0, 0.1) is 6.92 Å². The normalized spacial score (nSPS) is 11.3. The maximum Gasteiger partial charge on any atom is 0.249 e. The van der Waals surface area contributed by atoms with Crippen LogP contribution in [0.4, 0.5) is 5.82 Å². The zero-order chi connectivity index (χ0) is 10.4. The lowest BCUT2D eigenvalue weighted by Crippen LogP contribution is -2.07. The SMILES string of the molecule is C/C=C/C=C/C(=O)Nc1cc(C)on1. The van der Waals surface area contributed by atoms with Gasteiger partial charge in [0.2, 0.25) is 5.91 Å². The molecule has 1 aromatic rings. The summed E-state index contributed by atoms with van der Waals surface area (Å²) in [4.78, 5) is 11.2. The summed E-state index contributed by atoms with van der Waals surface area (Å²) in [6.45, 7) is 3.64. The van der Waals surface area contributed by atoms with Crippen LogP contribution in [0.5, 0.6) is 0 Å². The Morgan fingerprint density at radius 1 is 1.57 bits per heavy atom. The van der Waals surface area contributed by atoms with Crippen LogP contribution in [0.25, 0.3) is 0 Å². The molecule has 0 aromatic carbocycles. The van der Waals surface area contributed by atoms with E-state index in [1.54, 1.807) is 25.1 Å². The Bertz CT molecular complexity index is 364. The predicted octanol–water partition coefficient (Wildman–Crippen LogP) is 2.05. The second-order valence-corrected chi connectivity index (χ2v) is 2.70. The van der Waals surface area contributed by atoms with Gasteiger partial charge in [-0.1, -0.05) is 23.4 Å². The first-order valence-corrected chi connectivity index (χ1v) is 4.26. The van der Waals surface area contributed by atoms with E-state index in [-0.39, 0.29) is 5.91 Å². The standard InChI is InChI=1S/C10H12N2O2/c1-3-4-5-6-10(13)11-9-7-8(2)14-12-9/h3-7H,1-2H3,(H,11,12,13)/b4-3+,6-5+. The summed E-state index contributed by atoms with van der Waals surface area (Å²) < 4.78 is 4.79. The maximum atomic E-state index is 11.2. The number of aryl methyl sites for hydroxylation is 1. The highest BCUT2D eigenvalue weighted by molar-refractivity contribution is 5.98. The minimum Gasteiger partial charge on any atom is -0.360 e. The van der Waals surface area contributed by atoms with Gasteiger partial charge in [-0.05, 0) is 13.8 Å². The summed E-state index contributed by atoms with van der Waals surface area (Å²) in [6.07, 6.45) is 6.68. The molecule has 1 heterocycles. The average Bonchev–Trinajstić information content (AvgIpc) is 2.52. The molecule has 0 saturated heterocycles. The van der Waals surface area contributed by atoms with Gasteiger partial charge in [0.05, 0.1) is 0 Å². The molecule has 1 N–H and O–H groups in total. The fourth-order valence-electron chi connectivity index (χ4n) is 0.847. The molecule has 0 aliphatic carbocycles. The van der Waals surface area contributed by atoms with E-state index in [1.165, 1.54) is 6.08 Å². The molecule has 1 rings (SSSR count). The van der Waals surface area contributed by atoms with Crippen LogP contribution in [-0.2, 0) is 4.79 Å². The molecule has 0 radical (unpaired) electrons. The zero-order valence-corrected chi connectivity index (χ0v) is 8.15. The highest BCUT2D eigenvalue weighted by atomic mass is 16.5. The van der Waals surface area contributed by atoms with Gasteiger partial charge >= 0.3 is 0 Å². The summed E-state index contributed by atoms with van der Waals surface area (Å²) in [5, 5.41) is 6.18. The van der Waals surface area contributed by atoms with Crippen molar-refractivity contribution in [1.82, 2.24) is 5.16 Å². The molecular weight excluding hydrogens is 180 g/mol. The highest BCUT2D eigenvalue weighted by Gasteiger charge is 2.01. The first kappa shape index (κ1) is 10.2. The molecule has 1 amide bonds. The second kappa shape index (κ2) is 5.01. The number of carbonyl (C=O) groups excluding carboxylic acids is 1. The lowest BCUT2D eigenvalue weighted by atomic mass is 10.4. The molecule has 0 spiro atoms. The van der Waals surface area contributed by atoms with E-state index in [4.69, 9.17) is 4.52 Å². The van der Waals surface area contributed by atoms with Crippen LogP contribution in [-0.4, -0.2) is 11.1 Å². The summed E-state index contributed by atoms with van der Waals surface area (Å²) in [7, 11) is 0. The van der Waals surface area contributed by atoms with E-state index in [9.17, 15) is 4.79 Å². The Labute approximate surface area is 82.3 Å². The zero-order valence-electron chi connectivity index (χ0n) is 8.15. The number of rotatable bonds is 3. The van der Waals surface area contributed by atoms with Crippen molar-refractivity contribution >= 4 is 11.7 Å². The predicted molar refractivity (Wildman–Crippen MR) is 53.8 cm³/mol. The van der Waals surface area contributed by atoms with Gasteiger partial charge in [-0.15, -0.1) is 0 Å². The Kier molecular flexibility index (Phi) is 3.67. The Morgan fingerprint density at radius 2 is 2.36 bits per heavy atom. The Morgan fingerprint density at radius 3 is 2.93 bits per heavy atom. The third-order valence-electron chi connectivity index (χ3n) is 1.43. The quantitative estimate of drug-likeness (QED) is 0.589. The molecule has 1 aromatic heterocycles. The van der Waals surface area contributed by atoms with Gasteiger partial charge < -0.3 is 9.84 Å². The van der Waals surface area contributed by atoms with Crippen LogP contribution >= 0.6 is 0 Å². The monoisotopic (exact) mass is 192 g/mol. The summed E-state index contributed by atoms with van der Waals surface area (Å²) >= 11 is 0. The summed E-state index contributed by atoms with van der Waals surface area (Å²) in [5.74, 6) is 0.867. The van der Waals surface area contributed by atoms with Crippen LogP contribution in [0.3, 0.4) is 0 Å². The molecule has 74 valence electrons. The van der Waals surface area contributed by atoms with Crippen molar-refractivity contribution in [2.24, 2.45) is 0 Å². The van der Waals surface area contributed by atoms with Gasteiger partial charge in [-0.3, -0.25) is 4.79 Å². The second-order valence-electron chi connectivity index (χ2n) is 2.70. The number of carbonyl (C=O) groups is 1. The number of hydrogen-bond donors (Lipinski definition) is 1. The van der Waals surface area contributed by atoms with Crippen LogP contribution in [0.1, 0.15) is 12.7 Å². The van der Waals surface area contributed by atoms with Gasteiger partial charge in [0, 0.05) is 12.1 Å². The Hall–Kier alpha value is -1.84. The van der Waals surface area contributed by atoms with Crippen molar-refractivity contribution in [3.05, 3.63) is 36.1 Å². The fourth-order valence-corrected chi connectivity index (χ4v) is 0.847. The van der Waals surface area contributed by atoms with Gasteiger partial charge in [0.15, 0.2) is 5.82 Å². The number of hydrogen-bond acceptors (Lipinski definition) is 3. The van der Waals surface area contributed by atoms with E-state index >= 15 is 0 Å². The van der Waals surface area contributed by atoms with Crippen LogP contribution < -0.4 is 5.32 Å². The topological polar surface area (TPSA) is 55.1 Å². The van der Waals surface area contributed by atoms with Gasteiger partial charge in [0.25, 0.3) is 0 Å². The molecule has 0 fully saturated rings. The minimum absolute atomic E-state index is 0.226. The molecule has 0 aliphatic heterocycles. The van der Waals surface area contributed by atoms with E-state index in [0.29, 0.717) is 11.6 Å². The first-order chi connectivity index (χ1) is 6.72. The summed E-state index contributed by atoms with van der Waals surface area (Å²) in [5.41, 5.74) is 0. The van der Waals surface area contributed by atoms with Crippen molar-refractivity contribution in [2.75, 3.05) is 5.32 Å². The lowest BCUT2D eigenvalue weighted by molar-refractivity contribution is -0.111. The van der Waals surface area contributed by atoms with Crippen LogP contribution in [0.2, 0.25) is 0 Å². The molecule has 0 atom stereocenters.